The number of anilines is 2. The highest BCUT2D eigenvalue weighted by Gasteiger charge is 2.21. The van der Waals surface area contributed by atoms with Gasteiger partial charge in [0.2, 0.25) is 5.91 Å². The number of hydrogen-bond donors (Lipinski definition) is 1. The summed E-state index contributed by atoms with van der Waals surface area (Å²) in [6.07, 6.45) is 1.65. The fraction of sp³-hybridized carbons (Fsp3) is 0.389. The van der Waals surface area contributed by atoms with Crippen LogP contribution >= 0.6 is 11.6 Å². The molecule has 1 aliphatic heterocycles. The van der Waals surface area contributed by atoms with Crippen LogP contribution in [0.25, 0.3) is 0 Å². The van der Waals surface area contributed by atoms with Crippen LogP contribution in [0.3, 0.4) is 0 Å². The van der Waals surface area contributed by atoms with Crippen molar-refractivity contribution in [1.82, 2.24) is 9.78 Å². The second-order valence-electron chi connectivity index (χ2n) is 5.94. The average Bonchev–Trinajstić information content (AvgIpc) is 2.65. The smallest absolute Gasteiger partial charge is 0.292 e. The molecule has 2 aromatic rings. The van der Waals surface area contributed by atoms with Gasteiger partial charge in [0.15, 0.2) is 0 Å². The van der Waals surface area contributed by atoms with Gasteiger partial charge in [-0.15, -0.1) is 0 Å². The van der Waals surface area contributed by atoms with E-state index in [1.165, 1.54) is 10.9 Å². The van der Waals surface area contributed by atoms with E-state index in [-0.39, 0.29) is 17.9 Å². The van der Waals surface area contributed by atoms with Crippen molar-refractivity contribution < 1.29 is 9.53 Å². The molecular weight excluding hydrogens is 356 g/mol. The summed E-state index contributed by atoms with van der Waals surface area (Å²) in [6.45, 7) is 4.59. The van der Waals surface area contributed by atoms with E-state index < -0.39 is 0 Å². The van der Waals surface area contributed by atoms with Crippen LogP contribution in [0, 0.1) is 0 Å². The first-order valence-electron chi connectivity index (χ1n) is 8.56. The highest BCUT2D eigenvalue weighted by molar-refractivity contribution is 6.31. The number of nitrogens with zero attached hydrogens (tertiary/aromatic N) is 3. The molecule has 0 unspecified atom stereocenters. The van der Waals surface area contributed by atoms with Gasteiger partial charge in [-0.1, -0.05) is 29.8 Å². The van der Waals surface area contributed by atoms with E-state index in [2.05, 4.69) is 10.4 Å². The first-order valence-corrected chi connectivity index (χ1v) is 8.94. The Labute approximate surface area is 156 Å². The van der Waals surface area contributed by atoms with Crippen molar-refractivity contribution >= 4 is 28.9 Å². The Morgan fingerprint density at radius 1 is 1.31 bits per heavy atom. The molecule has 7 nitrogen and oxygen atoms in total. The highest BCUT2D eigenvalue weighted by Crippen LogP contribution is 2.22. The van der Waals surface area contributed by atoms with Crippen molar-refractivity contribution in [3.05, 3.63) is 51.4 Å². The Morgan fingerprint density at radius 3 is 2.73 bits per heavy atom. The summed E-state index contributed by atoms with van der Waals surface area (Å²) >= 11 is 6.12. The number of halogens is 1. The maximum absolute atomic E-state index is 12.8. The normalized spacial score (nSPS) is 14.3. The summed E-state index contributed by atoms with van der Waals surface area (Å²) in [5.41, 5.74) is 1.38. The second-order valence-corrected chi connectivity index (χ2v) is 6.35. The molecule has 0 atom stereocenters. The van der Waals surface area contributed by atoms with Gasteiger partial charge >= 0.3 is 0 Å². The van der Waals surface area contributed by atoms with Gasteiger partial charge in [-0.2, -0.15) is 5.10 Å². The van der Waals surface area contributed by atoms with Gasteiger partial charge in [0.1, 0.15) is 5.69 Å². The van der Waals surface area contributed by atoms with Crippen LogP contribution < -0.4 is 15.8 Å². The first kappa shape index (κ1) is 18.4. The minimum Gasteiger partial charge on any atom is -0.378 e. The first-order chi connectivity index (χ1) is 12.6. The minimum atomic E-state index is -0.247. The third-order valence-corrected chi connectivity index (χ3v) is 4.60. The lowest BCUT2D eigenvalue weighted by atomic mass is 10.1. The molecule has 0 spiro atoms. The summed E-state index contributed by atoms with van der Waals surface area (Å²) in [7, 11) is 0. The molecule has 26 heavy (non-hydrogen) atoms. The van der Waals surface area contributed by atoms with Gasteiger partial charge < -0.3 is 15.0 Å². The lowest BCUT2D eigenvalue weighted by Gasteiger charge is -2.29. The second kappa shape index (κ2) is 8.33. The van der Waals surface area contributed by atoms with E-state index in [0.29, 0.717) is 49.2 Å². The molecule has 1 saturated heterocycles. The zero-order chi connectivity index (χ0) is 18.5. The van der Waals surface area contributed by atoms with Crippen molar-refractivity contribution in [1.29, 1.82) is 0 Å². The molecular formula is C18H21ClN4O3. The monoisotopic (exact) mass is 376 g/mol. The van der Waals surface area contributed by atoms with Crippen molar-refractivity contribution in [3.63, 3.8) is 0 Å². The summed E-state index contributed by atoms with van der Waals surface area (Å²) in [5, 5.41) is 7.49. The van der Waals surface area contributed by atoms with Crippen molar-refractivity contribution in [2.45, 2.75) is 19.9 Å². The van der Waals surface area contributed by atoms with Crippen LogP contribution in [0.2, 0.25) is 5.02 Å². The summed E-state index contributed by atoms with van der Waals surface area (Å²) < 4.78 is 6.75. The number of rotatable bonds is 5. The van der Waals surface area contributed by atoms with E-state index in [4.69, 9.17) is 16.3 Å². The topological polar surface area (TPSA) is 76.5 Å². The van der Waals surface area contributed by atoms with Gasteiger partial charge in [-0.25, -0.2) is 4.68 Å². The number of aromatic nitrogens is 2. The molecule has 0 aliphatic carbocycles. The number of hydrogen-bond acceptors (Lipinski definition) is 5. The molecule has 1 aromatic carbocycles. The van der Waals surface area contributed by atoms with Crippen molar-refractivity contribution in [2.24, 2.45) is 0 Å². The Balaban J connectivity index is 1.86. The molecule has 0 bridgehead atoms. The van der Waals surface area contributed by atoms with Crippen LogP contribution in [0.5, 0.6) is 0 Å². The number of aryl methyl sites for hydroxylation is 1. The third kappa shape index (κ3) is 4.05. The Bertz CT molecular complexity index is 847. The van der Waals surface area contributed by atoms with Crippen molar-refractivity contribution in [3.8, 4) is 0 Å². The Kier molecular flexibility index (Phi) is 5.90. The maximum Gasteiger partial charge on any atom is 0.292 e. The molecule has 0 saturated carbocycles. The maximum atomic E-state index is 12.8. The van der Waals surface area contributed by atoms with Crippen LogP contribution in [0.1, 0.15) is 12.5 Å². The molecule has 1 aromatic heterocycles. The van der Waals surface area contributed by atoms with Crippen LogP contribution in [0.15, 0.2) is 35.3 Å². The molecule has 1 amide bonds. The van der Waals surface area contributed by atoms with Crippen LogP contribution in [-0.2, 0) is 22.5 Å². The SMILES string of the molecule is CCn1ncc(NC(=O)Cc2ccccc2Cl)c(N2CCOCC2)c1=O. The summed E-state index contributed by atoms with van der Waals surface area (Å²) in [5.74, 6) is -0.247. The van der Waals surface area contributed by atoms with E-state index in [1.54, 1.807) is 12.1 Å². The molecule has 1 aliphatic rings. The van der Waals surface area contributed by atoms with Crippen LogP contribution in [0.4, 0.5) is 11.4 Å². The number of benzene rings is 1. The predicted octanol–water partition coefficient (Wildman–Crippen LogP) is 1.93. The van der Waals surface area contributed by atoms with Crippen LogP contribution in [-0.4, -0.2) is 42.0 Å². The zero-order valence-electron chi connectivity index (χ0n) is 14.6. The Morgan fingerprint density at radius 2 is 2.04 bits per heavy atom. The van der Waals surface area contributed by atoms with E-state index in [1.807, 2.05) is 24.0 Å². The lowest BCUT2D eigenvalue weighted by Crippen LogP contribution is -2.41. The fourth-order valence-electron chi connectivity index (χ4n) is 2.90. The van der Waals surface area contributed by atoms with Gasteiger partial charge in [-0.3, -0.25) is 9.59 Å². The molecule has 1 N–H and O–H groups in total. The average molecular weight is 377 g/mol. The summed E-state index contributed by atoms with van der Waals surface area (Å²) in [4.78, 5) is 27.2. The molecule has 1 fully saturated rings. The zero-order valence-corrected chi connectivity index (χ0v) is 15.3. The Hall–Kier alpha value is -2.38. The number of ether oxygens (including phenoxy) is 1. The number of amides is 1. The highest BCUT2D eigenvalue weighted by atomic mass is 35.5. The largest absolute Gasteiger partial charge is 0.378 e. The van der Waals surface area contributed by atoms with E-state index in [9.17, 15) is 9.59 Å². The minimum absolute atomic E-state index is 0.124. The van der Waals surface area contributed by atoms with Gasteiger partial charge in [-0.05, 0) is 18.6 Å². The molecule has 3 rings (SSSR count). The molecule has 2 heterocycles. The quantitative estimate of drug-likeness (QED) is 0.862. The predicted molar refractivity (Wildman–Crippen MR) is 101 cm³/mol. The standard InChI is InChI=1S/C18H21ClN4O3/c1-2-23-18(25)17(22-7-9-26-10-8-22)15(12-20-23)21-16(24)11-13-5-3-4-6-14(13)19/h3-6,12H,2,7-11H2,1H3,(H,21,24). The number of carbonyl (C=O) groups is 1. The van der Waals surface area contributed by atoms with Gasteiger partial charge in [0, 0.05) is 24.7 Å². The molecule has 138 valence electrons. The third-order valence-electron chi connectivity index (χ3n) is 4.23. The molecule has 8 heteroatoms. The molecule has 0 radical (unpaired) electrons. The summed E-state index contributed by atoms with van der Waals surface area (Å²) in [6, 6.07) is 7.19. The lowest BCUT2D eigenvalue weighted by molar-refractivity contribution is -0.115. The van der Waals surface area contributed by atoms with E-state index in [0.717, 1.165) is 5.56 Å². The van der Waals surface area contributed by atoms with Gasteiger partial charge in [0.25, 0.3) is 5.56 Å². The number of morpholine rings is 1. The van der Waals surface area contributed by atoms with Gasteiger partial charge in [0.05, 0.1) is 31.5 Å². The number of nitrogens with one attached hydrogen (secondary N) is 1. The van der Waals surface area contributed by atoms with E-state index >= 15 is 0 Å². The van der Waals surface area contributed by atoms with Crippen molar-refractivity contribution in [2.75, 3.05) is 36.5 Å². The number of carbonyl (C=O) groups excluding carboxylic acids is 1. The fourth-order valence-corrected chi connectivity index (χ4v) is 3.10.